The van der Waals surface area contributed by atoms with Crippen LogP contribution in [-0.2, 0) is 9.47 Å². The number of carbonyl (C=O) groups is 1. The minimum absolute atomic E-state index is 0.197. The summed E-state index contributed by atoms with van der Waals surface area (Å²) in [6, 6.07) is 0.638. The molecule has 1 aliphatic carbocycles. The number of amides is 1. The lowest BCUT2D eigenvalue weighted by atomic mass is 9.91. The molecule has 5 nitrogen and oxygen atoms in total. The maximum absolute atomic E-state index is 11.8. The quantitative estimate of drug-likeness (QED) is 0.534. The molecule has 0 heterocycles. The van der Waals surface area contributed by atoms with Crippen molar-refractivity contribution in [2.45, 2.75) is 70.6 Å². The van der Waals surface area contributed by atoms with E-state index in [0.29, 0.717) is 12.6 Å². The van der Waals surface area contributed by atoms with E-state index in [-0.39, 0.29) is 12.1 Å². The van der Waals surface area contributed by atoms with Gasteiger partial charge in [0.15, 0.2) is 0 Å². The van der Waals surface area contributed by atoms with Crippen molar-refractivity contribution in [2.75, 3.05) is 19.8 Å². The van der Waals surface area contributed by atoms with Crippen LogP contribution in [0, 0.1) is 0 Å². The van der Waals surface area contributed by atoms with Crippen LogP contribution >= 0.6 is 0 Å². The van der Waals surface area contributed by atoms with E-state index in [1.165, 1.54) is 0 Å². The van der Waals surface area contributed by atoms with Crippen molar-refractivity contribution in [3.8, 4) is 0 Å². The van der Waals surface area contributed by atoms with Crippen LogP contribution in [0.15, 0.2) is 12.7 Å². The SMILES string of the molecule is C=CCCOCCNC1CCCC(NC(=O)OC(C)(C)C)C1. The van der Waals surface area contributed by atoms with Crippen LogP contribution in [0.2, 0.25) is 0 Å². The molecule has 2 unspecified atom stereocenters. The first-order valence-electron chi connectivity index (χ1n) is 8.32. The predicted octanol–water partition coefficient (Wildman–Crippen LogP) is 3.00. The molecule has 1 rings (SSSR count). The molecule has 0 radical (unpaired) electrons. The van der Waals surface area contributed by atoms with E-state index in [4.69, 9.17) is 9.47 Å². The Balaban J connectivity index is 2.18. The largest absolute Gasteiger partial charge is 0.444 e. The molecule has 0 spiro atoms. The number of hydrogen-bond donors (Lipinski definition) is 2. The Labute approximate surface area is 134 Å². The Hall–Kier alpha value is -1.07. The molecule has 2 N–H and O–H groups in total. The average Bonchev–Trinajstić information content (AvgIpc) is 2.41. The number of alkyl carbamates (subject to hydrolysis) is 1. The maximum Gasteiger partial charge on any atom is 0.407 e. The minimum atomic E-state index is -0.445. The summed E-state index contributed by atoms with van der Waals surface area (Å²) in [5, 5.41) is 6.49. The normalized spacial score (nSPS) is 22.1. The van der Waals surface area contributed by atoms with E-state index in [9.17, 15) is 4.79 Å². The third-order valence-corrected chi connectivity index (χ3v) is 3.54. The number of carbonyl (C=O) groups excluding carboxylic acids is 1. The summed E-state index contributed by atoms with van der Waals surface area (Å²) in [5.41, 5.74) is -0.445. The van der Waals surface area contributed by atoms with Gasteiger partial charge in [-0.25, -0.2) is 4.79 Å². The van der Waals surface area contributed by atoms with E-state index in [1.807, 2.05) is 26.8 Å². The Morgan fingerprint density at radius 1 is 1.27 bits per heavy atom. The molecule has 5 heteroatoms. The molecule has 0 aromatic heterocycles. The zero-order valence-electron chi connectivity index (χ0n) is 14.3. The molecule has 128 valence electrons. The van der Waals surface area contributed by atoms with Gasteiger partial charge >= 0.3 is 6.09 Å². The Morgan fingerprint density at radius 2 is 2.00 bits per heavy atom. The fourth-order valence-corrected chi connectivity index (χ4v) is 2.58. The number of nitrogens with one attached hydrogen (secondary N) is 2. The number of ether oxygens (including phenoxy) is 2. The van der Waals surface area contributed by atoms with Crippen molar-refractivity contribution >= 4 is 6.09 Å². The van der Waals surface area contributed by atoms with Gasteiger partial charge in [-0.05, 0) is 52.9 Å². The molecule has 1 fully saturated rings. The highest BCUT2D eigenvalue weighted by atomic mass is 16.6. The summed E-state index contributed by atoms with van der Waals surface area (Å²) < 4.78 is 10.8. The van der Waals surface area contributed by atoms with Gasteiger partial charge in [0.2, 0.25) is 0 Å². The first kappa shape index (κ1) is 19.0. The van der Waals surface area contributed by atoms with Crippen molar-refractivity contribution in [3.63, 3.8) is 0 Å². The van der Waals surface area contributed by atoms with Gasteiger partial charge < -0.3 is 20.1 Å². The summed E-state index contributed by atoms with van der Waals surface area (Å²) in [6.07, 6.45) is 6.69. The first-order chi connectivity index (χ1) is 10.4. The van der Waals surface area contributed by atoms with Gasteiger partial charge in [-0.15, -0.1) is 6.58 Å². The molecule has 22 heavy (non-hydrogen) atoms. The van der Waals surface area contributed by atoms with E-state index >= 15 is 0 Å². The van der Waals surface area contributed by atoms with Crippen LogP contribution in [0.1, 0.15) is 52.9 Å². The summed E-state index contributed by atoms with van der Waals surface area (Å²) in [4.78, 5) is 11.8. The van der Waals surface area contributed by atoms with Crippen molar-refractivity contribution in [1.29, 1.82) is 0 Å². The maximum atomic E-state index is 11.8. The second kappa shape index (κ2) is 9.85. The molecule has 0 saturated heterocycles. The Bertz CT molecular complexity index is 339. The van der Waals surface area contributed by atoms with Crippen LogP contribution < -0.4 is 10.6 Å². The van der Waals surface area contributed by atoms with Gasteiger partial charge in [0.25, 0.3) is 0 Å². The van der Waals surface area contributed by atoms with Crippen LogP contribution in [0.4, 0.5) is 4.79 Å². The average molecular weight is 312 g/mol. The van der Waals surface area contributed by atoms with Crippen LogP contribution in [0.5, 0.6) is 0 Å². The zero-order chi connectivity index (χ0) is 16.4. The highest BCUT2D eigenvalue weighted by Crippen LogP contribution is 2.19. The van der Waals surface area contributed by atoms with E-state index in [2.05, 4.69) is 17.2 Å². The van der Waals surface area contributed by atoms with Crippen molar-refractivity contribution in [2.24, 2.45) is 0 Å². The van der Waals surface area contributed by atoms with Gasteiger partial charge in [0.1, 0.15) is 5.60 Å². The van der Waals surface area contributed by atoms with Crippen LogP contribution in [0.3, 0.4) is 0 Å². The topological polar surface area (TPSA) is 59.6 Å². The number of hydrogen-bond acceptors (Lipinski definition) is 4. The molecular weight excluding hydrogens is 280 g/mol. The monoisotopic (exact) mass is 312 g/mol. The second-order valence-corrected chi connectivity index (χ2v) is 6.85. The molecule has 1 aliphatic rings. The molecule has 0 bridgehead atoms. The molecule has 0 aromatic rings. The fourth-order valence-electron chi connectivity index (χ4n) is 2.58. The van der Waals surface area contributed by atoms with Crippen molar-refractivity contribution in [3.05, 3.63) is 12.7 Å². The molecule has 2 atom stereocenters. The zero-order valence-corrected chi connectivity index (χ0v) is 14.3. The molecule has 0 aromatic carbocycles. The first-order valence-corrected chi connectivity index (χ1v) is 8.32. The van der Waals surface area contributed by atoms with E-state index in [0.717, 1.165) is 45.3 Å². The second-order valence-electron chi connectivity index (χ2n) is 6.85. The lowest BCUT2D eigenvalue weighted by Gasteiger charge is -2.31. The summed E-state index contributed by atoms with van der Waals surface area (Å²) >= 11 is 0. The van der Waals surface area contributed by atoms with E-state index < -0.39 is 5.60 Å². The molecule has 0 aliphatic heterocycles. The lowest BCUT2D eigenvalue weighted by molar-refractivity contribution is 0.0487. The smallest absolute Gasteiger partial charge is 0.407 e. The van der Waals surface area contributed by atoms with Gasteiger partial charge in [0, 0.05) is 18.6 Å². The fraction of sp³-hybridized carbons (Fsp3) is 0.824. The summed E-state index contributed by atoms with van der Waals surface area (Å²) in [6.45, 7) is 11.6. The predicted molar refractivity (Wildman–Crippen MR) is 89.0 cm³/mol. The highest BCUT2D eigenvalue weighted by molar-refractivity contribution is 5.68. The van der Waals surface area contributed by atoms with Crippen molar-refractivity contribution < 1.29 is 14.3 Å². The lowest BCUT2D eigenvalue weighted by Crippen LogP contribution is -2.46. The Kier molecular flexibility index (Phi) is 8.49. The molecule has 1 amide bonds. The number of rotatable bonds is 8. The van der Waals surface area contributed by atoms with Crippen LogP contribution in [-0.4, -0.2) is 43.5 Å². The third kappa shape index (κ3) is 9.05. The van der Waals surface area contributed by atoms with Crippen LogP contribution in [0.25, 0.3) is 0 Å². The standard InChI is InChI=1S/C17H32N2O3/c1-5-6-11-21-12-10-18-14-8-7-9-15(13-14)19-16(20)22-17(2,3)4/h5,14-15,18H,1,6-13H2,2-4H3,(H,19,20). The van der Waals surface area contributed by atoms with Gasteiger partial charge in [-0.1, -0.05) is 6.08 Å². The van der Waals surface area contributed by atoms with Crippen molar-refractivity contribution in [1.82, 2.24) is 10.6 Å². The highest BCUT2D eigenvalue weighted by Gasteiger charge is 2.25. The van der Waals surface area contributed by atoms with Gasteiger partial charge in [-0.3, -0.25) is 0 Å². The van der Waals surface area contributed by atoms with E-state index in [1.54, 1.807) is 0 Å². The molecular formula is C17H32N2O3. The summed E-state index contributed by atoms with van der Waals surface area (Å²) in [5.74, 6) is 0. The third-order valence-electron chi connectivity index (χ3n) is 3.54. The van der Waals surface area contributed by atoms with Gasteiger partial charge in [0.05, 0.1) is 13.2 Å². The van der Waals surface area contributed by atoms with Gasteiger partial charge in [-0.2, -0.15) is 0 Å². The Morgan fingerprint density at radius 3 is 2.68 bits per heavy atom. The summed E-state index contributed by atoms with van der Waals surface area (Å²) in [7, 11) is 0. The molecule has 1 saturated carbocycles. The minimum Gasteiger partial charge on any atom is -0.444 e.